The van der Waals surface area contributed by atoms with Gasteiger partial charge in [-0.25, -0.2) is 9.59 Å². The van der Waals surface area contributed by atoms with Crippen molar-refractivity contribution in [3.05, 3.63) is 59.9 Å². The van der Waals surface area contributed by atoms with Crippen LogP contribution in [0.2, 0.25) is 0 Å². The van der Waals surface area contributed by atoms with E-state index in [0.717, 1.165) is 17.5 Å². The standard InChI is InChI=1S/C20H24N4O4/c1-3-15(2)22-20(27)23-18(25)14-28-19(26)10-9-17-11-21-24(13-17)12-16-7-5-4-6-8-16/h4-11,13,15H,3,12,14H2,1-2H3,(H2,22,23,25,27)/b10-9+/t15-/m0/s1. The van der Waals surface area contributed by atoms with Crippen LogP contribution in [0.4, 0.5) is 4.79 Å². The molecule has 2 rings (SSSR count). The maximum atomic E-state index is 11.7. The predicted molar refractivity (Wildman–Crippen MR) is 104 cm³/mol. The summed E-state index contributed by atoms with van der Waals surface area (Å²) in [5.74, 6) is -1.38. The zero-order valence-corrected chi connectivity index (χ0v) is 15.9. The Kier molecular flexibility index (Phi) is 7.95. The number of carbonyl (C=O) groups is 3. The highest BCUT2D eigenvalue weighted by molar-refractivity contribution is 5.96. The smallest absolute Gasteiger partial charge is 0.331 e. The fraction of sp³-hybridized carbons (Fsp3) is 0.300. The summed E-state index contributed by atoms with van der Waals surface area (Å²) in [6, 6.07) is 9.20. The van der Waals surface area contributed by atoms with Crippen molar-refractivity contribution in [2.24, 2.45) is 0 Å². The Morgan fingerprint density at radius 2 is 2.00 bits per heavy atom. The molecule has 0 aliphatic carbocycles. The molecule has 0 saturated heterocycles. The maximum Gasteiger partial charge on any atom is 0.331 e. The third-order valence-electron chi connectivity index (χ3n) is 3.84. The summed E-state index contributed by atoms with van der Waals surface area (Å²) in [6.07, 6.45) is 6.91. The molecule has 3 amide bonds. The van der Waals surface area contributed by atoms with Crippen LogP contribution in [0, 0.1) is 0 Å². The van der Waals surface area contributed by atoms with Crippen molar-refractivity contribution in [2.45, 2.75) is 32.9 Å². The quantitative estimate of drug-likeness (QED) is 0.536. The van der Waals surface area contributed by atoms with E-state index in [9.17, 15) is 14.4 Å². The van der Waals surface area contributed by atoms with Crippen molar-refractivity contribution < 1.29 is 19.1 Å². The van der Waals surface area contributed by atoms with E-state index in [1.807, 2.05) is 44.2 Å². The van der Waals surface area contributed by atoms with Crippen molar-refractivity contribution in [3.8, 4) is 0 Å². The highest BCUT2D eigenvalue weighted by Crippen LogP contribution is 2.05. The monoisotopic (exact) mass is 384 g/mol. The van der Waals surface area contributed by atoms with Gasteiger partial charge in [-0.2, -0.15) is 5.10 Å². The normalized spacial score (nSPS) is 11.8. The number of amides is 3. The first-order valence-corrected chi connectivity index (χ1v) is 8.98. The van der Waals surface area contributed by atoms with Gasteiger partial charge < -0.3 is 10.1 Å². The molecule has 8 nitrogen and oxygen atoms in total. The Morgan fingerprint density at radius 3 is 2.71 bits per heavy atom. The lowest BCUT2D eigenvalue weighted by Gasteiger charge is -2.11. The second-order valence-corrected chi connectivity index (χ2v) is 6.23. The fourth-order valence-electron chi connectivity index (χ4n) is 2.20. The fourth-order valence-corrected chi connectivity index (χ4v) is 2.20. The first kappa shape index (κ1) is 20.9. The van der Waals surface area contributed by atoms with Crippen LogP contribution < -0.4 is 10.6 Å². The molecule has 28 heavy (non-hydrogen) atoms. The zero-order valence-electron chi connectivity index (χ0n) is 15.9. The summed E-state index contributed by atoms with van der Waals surface area (Å²) in [5, 5.41) is 8.91. The molecule has 0 aliphatic heterocycles. The number of nitrogens with one attached hydrogen (secondary N) is 2. The summed E-state index contributed by atoms with van der Waals surface area (Å²) in [6.45, 7) is 3.81. The van der Waals surface area contributed by atoms with Crippen LogP contribution in [0.15, 0.2) is 48.8 Å². The van der Waals surface area contributed by atoms with Crippen LogP contribution in [0.1, 0.15) is 31.4 Å². The minimum Gasteiger partial charge on any atom is -0.452 e. The molecule has 1 aromatic carbocycles. The number of esters is 1. The van der Waals surface area contributed by atoms with E-state index in [2.05, 4.69) is 15.7 Å². The average Bonchev–Trinajstić information content (AvgIpc) is 3.12. The first-order valence-electron chi connectivity index (χ1n) is 8.98. The molecule has 0 aliphatic rings. The van der Waals surface area contributed by atoms with Gasteiger partial charge in [-0.15, -0.1) is 0 Å². The van der Waals surface area contributed by atoms with Crippen LogP contribution in [0.3, 0.4) is 0 Å². The van der Waals surface area contributed by atoms with E-state index >= 15 is 0 Å². The van der Waals surface area contributed by atoms with E-state index in [1.54, 1.807) is 23.2 Å². The number of ether oxygens (including phenoxy) is 1. The van der Waals surface area contributed by atoms with Gasteiger partial charge in [0.25, 0.3) is 5.91 Å². The number of rotatable bonds is 8. The second-order valence-electron chi connectivity index (χ2n) is 6.23. The molecule has 0 saturated carbocycles. The molecule has 148 valence electrons. The number of urea groups is 1. The number of hydrogen-bond donors (Lipinski definition) is 2. The van der Waals surface area contributed by atoms with Gasteiger partial charge in [0.05, 0.1) is 12.7 Å². The van der Waals surface area contributed by atoms with Crippen molar-refractivity contribution >= 4 is 24.0 Å². The number of aromatic nitrogens is 2. The maximum absolute atomic E-state index is 11.7. The molecule has 1 atom stereocenters. The van der Waals surface area contributed by atoms with Crippen LogP contribution >= 0.6 is 0 Å². The Balaban J connectivity index is 1.74. The molecule has 0 spiro atoms. The van der Waals surface area contributed by atoms with Gasteiger partial charge in [0.1, 0.15) is 0 Å². The van der Waals surface area contributed by atoms with E-state index in [4.69, 9.17) is 4.74 Å². The largest absolute Gasteiger partial charge is 0.452 e. The topological polar surface area (TPSA) is 102 Å². The van der Waals surface area contributed by atoms with Gasteiger partial charge in [-0.05, 0) is 25.0 Å². The highest BCUT2D eigenvalue weighted by Gasteiger charge is 2.11. The van der Waals surface area contributed by atoms with Gasteiger partial charge >= 0.3 is 12.0 Å². The predicted octanol–water partition coefficient (Wildman–Crippen LogP) is 2.11. The van der Waals surface area contributed by atoms with Crippen LogP contribution in [0.25, 0.3) is 6.08 Å². The third-order valence-corrected chi connectivity index (χ3v) is 3.84. The Hall–Kier alpha value is -3.42. The molecular formula is C20H24N4O4. The number of nitrogens with zero attached hydrogens (tertiary/aromatic N) is 2. The lowest BCUT2D eigenvalue weighted by Crippen LogP contribution is -2.44. The average molecular weight is 384 g/mol. The van der Waals surface area contributed by atoms with E-state index in [1.165, 1.54) is 6.08 Å². The molecule has 0 bridgehead atoms. The Bertz CT molecular complexity index is 830. The van der Waals surface area contributed by atoms with E-state index in [0.29, 0.717) is 6.54 Å². The summed E-state index contributed by atoms with van der Waals surface area (Å²) in [4.78, 5) is 34.8. The molecule has 2 aromatic rings. The highest BCUT2D eigenvalue weighted by atomic mass is 16.5. The van der Waals surface area contributed by atoms with Gasteiger partial charge in [0.15, 0.2) is 6.61 Å². The number of carbonyl (C=O) groups excluding carboxylic acids is 3. The van der Waals surface area contributed by atoms with Gasteiger partial charge in [0, 0.05) is 23.9 Å². The molecule has 0 fully saturated rings. The molecule has 0 radical (unpaired) electrons. The van der Waals surface area contributed by atoms with Gasteiger partial charge in [-0.1, -0.05) is 37.3 Å². The molecule has 0 unspecified atom stereocenters. The molecular weight excluding hydrogens is 360 g/mol. The third kappa shape index (κ3) is 7.45. The lowest BCUT2D eigenvalue weighted by atomic mass is 10.2. The lowest BCUT2D eigenvalue weighted by molar-refractivity contribution is -0.143. The summed E-state index contributed by atoms with van der Waals surface area (Å²) < 4.78 is 6.57. The van der Waals surface area contributed by atoms with Crippen LogP contribution in [0.5, 0.6) is 0 Å². The van der Waals surface area contributed by atoms with Crippen molar-refractivity contribution in [3.63, 3.8) is 0 Å². The molecule has 8 heteroatoms. The van der Waals surface area contributed by atoms with Gasteiger partial charge in [0.2, 0.25) is 0 Å². The molecule has 1 aromatic heterocycles. The van der Waals surface area contributed by atoms with Crippen LogP contribution in [-0.4, -0.2) is 40.3 Å². The van der Waals surface area contributed by atoms with Crippen LogP contribution in [-0.2, 0) is 20.9 Å². The summed E-state index contributed by atoms with van der Waals surface area (Å²) in [7, 11) is 0. The van der Waals surface area contributed by atoms with Gasteiger partial charge in [-0.3, -0.25) is 14.8 Å². The Morgan fingerprint density at radius 1 is 1.25 bits per heavy atom. The molecule has 2 N–H and O–H groups in total. The minimum absolute atomic E-state index is 0.0545. The van der Waals surface area contributed by atoms with E-state index in [-0.39, 0.29) is 6.04 Å². The summed E-state index contributed by atoms with van der Waals surface area (Å²) >= 11 is 0. The number of benzene rings is 1. The Labute approximate surface area is 163 Å². The van der Waals surface area contributed by atoms with Crippen molar-refractivity contribution in [2.75, 3.05) is 6.61 Å². The second kappa shape index (κ2) is 10.7. The van der Waals surface area contributed by atoms with Crippen molar-refractivity contribution in [1.82, 2.24) is 20.4 Å². The van der Waals surface area contributed by atoms with Crippen molar-refractivity contribution in [1.29, 1.82) is 0 Å². The SMILES string of the molecule is CC[C@H](C)NC(=O)NC(=O)COC(=O)/C=C/c1cnn(Cc2ccccc2)c1. The minimum atomic E-state index is -0.696. The van der Waals surface area contributed by atoms with E-state index < -0.39 is 24.5 Å². The number of imide groups is 1. The molecule has 1 heterocycles. The zero-order chi connectivity index (χ0) is 20.4. The summed E-state index contributed by atoms with van der Waals surface area (Å²) in [5.41, 5.74) is 1.84. The first-order chi connectivity index (χ1) is 13.5. The number of hydrogen-bond acceptors (Lipinski definition) is 5.